The highest BCUT2D eigenvalue weighted by Crippen LogP contribution is 2.40. The molecular weight excluding hydrogens is 454 g/mol. The molecule has 0 bridgehead atoms. The Balaban J connectivity index is 1.72. The summed E-state index contributed by atoms with van der Waals surface area (Å²) < 4.78 is 12.4. The molecule has 1 fully saturated rings. The fourth-order valence-corrected chi connectivity index (χ4v) is 10.7. The molecule has 1 heterocycles. The monoisotopic (exact) mass is 491 g/mol. The first-order valence-electron chi connectivity index (χ1n) is 12.5. The standard InChI is InChI=1S/C29H37NO4Si/c1-21-18-23(31)19-27-26(21)17-16-22(30(27)28(32)33-5)20-34-35(29(2,3)4,24-12-8-6-9-13-24)25-14-10-7-11-15-25/h6-15,18,22,26-27H,16-17,19-20H2,1-5H3/t22-,26+,27-/m0/s1. The Morgan fingerprint density at radius 3 is 2.09 bits per heavy atom. The van der Waals surface area contributed by atoms with Crippen molar-refractivity contribution in [1.82, 2.24) is 4.90 Å². The Labute approximate surface area is 210 Å². The van der Waals surface area contributed by atoms with Crippen molar-refractivity contribution in [3.8, 4) is 0 Å². The summed E-state index contributed by atoms with van der Waals surface area (Å²) in [7, 11) is -1.32. The normalized spacial score (nSPS) is 22.9. The van der Waals surface area contributed by atoms with Gasteiger partial charge in [0, 0.05) is 18.4 Å². The minimum Gasteiger partial charge on any atom is -0.453 e. The van der Waals surface area contributed by atoms with Crippen LogP contribution in [0.4, 0.5) is 4.79 Å². The molecule has 2 aliphatic rings. The zero-order valence-corrected chi connectivity index (χ0v) is 22.5. The third-order valence-corrected chi connectivity index (χ3v) is 12.7. The number of nitrogens with zero attached hydrogens (tertiary/aromatic N) is 1. The summed E-state index contributed by atoms with van der Waals surface area (Å²) in [5.41, 5.74) is 1.06. The molecule has 2 aromatic carbocycles. The third-order valence-electron chi connectivity index (χ3n) is 7.70. The molecule has 6 heteroatoms. The quantitative estimate of drug-likeness (QED) is 0.569. The van der Waals surface area contributed by atoms with Gasteiger partial charge in [0.1, 0.15) is 0 Å². The summed E-state index contributed by atoms with van der Waals surface area (Å²) in [6.07, 6.45) is 3.46. The van der Waals surface area contributed by atoms with E-state index in [9.17, 15) is 9.59 Å². The molecule has 1 aliphatic carbocycles. The molecular formula is C29H37NO4Si. The van der Waals surface area contributed by atoms with Crippen molar-refractivity contribution in [2.75, 3.05) is 13.7 Å². The summed E-state index contributed by atoms with van der Waals surface area (Å²) in [5.74, 6) is 0.266. The number of benzene rings is 2. The van der Waals surface area contributed by atoms with Crippen molar-refractivity contribution in [3.05, 3.63) is 72.3 Å². The summed E-state index contributed by atoms with van der Waals surface area (Å²) in [5, 5.41) is 2.27. The number of fused-ring (bicyclic) bond motifs is 1. The second-order valence-electron chi connectivity index (χ2n) is 10.8. The van der Waals surface area contributed by atoms with Gasteiger partial charge in [-0.2, -0.15) is 0 Å². The van der Waals surface area contributed by atoms with E-state index in [1.165, 1.54) is 17.5 Å². The summed E-state index contributed by atoms with van der Waals surface area (Å²) >= 11 is 0. The average molecular weight is 492 g/mol. The van der Waals surface area contributed by atoms with Crippen LogP contribution in [0.25, 0.3) is 0 Å². The predicted octanol–water partition coefficient (Wildman–Crippen LogP) is 4.70. The maximum absolute atomic E-state index is 13.0. The largest absolute Gasteiger partial charge is 0.453 e. The van der Waals surface area contributed by atoms with Crippen LogP contribution in [0.5, 0.6) is 0 Å². The minimum absolute atomic E-state index is 0.0752. The molecule has 5 nitrogen and oxygen atoms in total. The Hall–Kier alpha value is -2.70. The van der Waals surface area contributed by atoms with E-state index >= 15 is 0 Å². The van der Waals surface area contributed by atoms with Gasteiger partial charge in [-0.1, -0.05) is 87.0 Å². The van der Waals surface area contributed by atoms with Crippen LogP contribution in [0.3, 0.4) is 0 Å². The number of rotatable bonds is 5. The average Bonchev–Trinajstić information content (AvgIpc) is 2.84. The van der Waals surface area contributed by atoms with Crippen molar-refractivity contribution >= 4 is 30.6 Å². The van der Waals surface area contributed by atoms with Gasteiger partial charge < -0.3 is 9.16 Å². The second kappa shape index (κ2) is 10.1. The lowest BCUT2D eigenvalue weighted by molar-refractivity contribution is -0.117. The molecule has 0 aromatic heterocycles. The fraction of sp³-hybridized carbons (Fsp3) is 0.448. The Morgan fingerprint density at radius 1 is 1.00 bits per heavy atom. The van der Waals surface area contributed by atoms with Crippen LogP contribution >= 0.6 is 0 Å². The van der Waals surface area contributed by atoms with Crippen LogP contribution in [0, 0.1) is 5.92 Å². The van der Waals surface area contributed by atoms with Crippen molar-refractivity contribution in [1.29, 1.82) is 0 Å². The molecule has 0 saturated carbocycles. The highest BCUT2D eigenvalue weighted by Gasteiger charge is 2.51. The molecule has 186 valence electrons. The molecule has 4 rings (SSSR count). The molecule has 0 N–H and O–H groups in total. The molecule has 1 saturated heterocycles. The summed E-state index contributed by atoms with van der Waals surface area (Å²) in [6, 6.07) is 20.7. The van der Waals surface area contributed by atoms with Gasteiger partial charge in [-0.25, -0.2) is 4.79 Å². The van der Waals surface area contributed by atoms with Gasteiger partial charge >= 0.3 is 6.09 Å². The Kier molecular flexibility index (Phi) is 7.34. The second-order valence-corrected chi connectivity index (χ2v) is 15.1. The zero-order chi connectivity index (χ0) is 25.2. The molecule has 0 spiro atoms. The van der Waals surface area contributed by atoms with Crippen LogP contribution in [0.15, 0.2) is 72.3 Å². The van der Waals surface area contributed by atoms with Crippen LogP contribution in [0.1, 0.15) is 47.0 Å². The first kappa shape index (κ1) is 25.4. The fourth-order valence-electron chi connectivity index (χ4n) is 6.10. The SMILES string of the molecule is COC(=O)N1[C@H](CO[Si](c2ccccc2)(c2ccccc2)C(C)(C)C)CC[C@@H]2C(C)=CC(=O)C[C@@H]21. The smallest absolute Gasteiger partial charge is 0.410 e. The van der Waals surface area contributed by atoms with Crippen LogP contribution in [-0.4, -0.2) is 50.9 Å². The highest BCUT2D eigenvalue weighted by molar-refractivity contribution is 6.99. The van der Waals surface area contributed by atoms with E-state index < -0.39 is 8.32 Å². The molecule has 1 amide bonds. The van der Waals surface area contributed by atoms with Gasteiger partial charge in [0.05, 0.1) is 19.8 Å². The number of hydrogen-bond acceptors (Lipinski definition) is 4. The van der Waals surface area contributed by atoms with Crippen molar-refractivity contribution < 1.29 is 18.8 Å². The van der Waals surface area contributed by atoms with Crippen LogP contribution < -0.4 is 10.4 Å². The van der Waals surface area contributed by atoms with E-state index in [0.717, 1.165) is 18.4 Å². The van der Waals surface area contributed by atoms with E-state index in [2.05, 4.69) is 69.3 Å². The van der Waals surface area contributed by atoms with Gasteiger partial charge in [-0.05, 0) is 41.3 Å². The van der Waals surface area contributed by atoms with Gasteiger partial charge in [0.15, 0.2) is 5.78 Å². The van der Waals surface area contributed by atoms with Crippen molar-refractivity contribution in [2.45, 2.75) is 64.1 Å². The number of ketones is 1. The van der Waals surface area contributed by atoms with Gasteiger partial charge in [-0.15, -0.1) is 0 Å². The molecule has 1 aliphatic heterocycles. The first-order chi connectivity index (χ1) is 16.7. The number of piperidine rings is 1. The van der Waals surface area contributed by atoms with Gasteiger partial charge in [-0.3, -0.25) is 9.69 Å². The van der Waals surface area contributed by atoms with E-state index in [0.29, 0.717) is 13.0 Å². The van der Waals surface area contributed by atoms with E-state index in [1.54, 1.807) is 11.0 Å². The molecule has 35 heavy (non-hydrogen) atoms. The number of allylic oxidation sites excluding steroid dienone is 1. The predicted molar refractivity (Wildman–Crippen MR) is 141 cm³/mol. The number of carbonyl (C=O) groups is 2. The summed E-state index contributed by atoms with van der Waals surface area (Å²) in [4.78, 5) is 27.3. The molecule has 2 aromatic rings. The van der Waals surface area contributed by atoms with Gasteiger partial charge in [0.25, 0.3) is 8.32 Å². The zero-order valence-electron chi connectivity index (χ0n) is 21.5. The number of ether oxygens (including phenoxy) is 1. The number of carbonyl (C=O) groups excluding carboxylic acids is 2. The molecule has 3 atom stereocenters. The number of methoxy groups -OCH3 is 1. The van der Waals surface area contributed by atoms with E-state index in [4.69, 9.17) is 9.16 Å². The van der Waals surface area contributed by atoms with E-state index in [-0.39, 0.29) is 34.9 Å². The maximum atomic E-state index is 13.0. The number of amides is 1. The van der Waals surface area contributed by atoms with Crippen molar-refractivity contribution in [3.63, 3.8) is 0 Å². The lowest BCUT2D eigenvalue weighted by Crippen LogP contribution is -2.68. The van der Waals surface area contributed by atoms with Crippen LogP contribution in [-0.2, 0) is 14.0 Å². The highest BCUT2D eigenvalue weighted by atomic mass is 28.4. The lowest BCUT2D eigenvalue weighted by atomic mass is 9.75. The Morgan fingerprint density at radius 2 is 1.57 bits per heavy atom. The third kappa shape index (κ3) is 4.74. The van der Waals surface area contributed by atoms with Gasteiger partial charge in [0.2, 0.25) is 0 Å². The van der Waals surface area contributed by atoms with Crippen molar-refractivity contribution in [2.24, 2.45) is 5.92 Å². The lowest BCUT2D eigenvalue weighted by Gasteiger charge is -2.49. The minimum atomic E-state index is -2.74. The van der Waals surface area contributed by atoms with Crippen LogP contribution in [0.2, 0.25) is 5.04 Å². The molecule has 0 radical (unpaired) electrons. The summed E-state index contributed by atoms with van der Waals surface area (Å²) in [6.45, 7) is 9.17. The van der Waals surface area contributed by atoms with E-state index in [1.807, 2.05) is 19.1 Å². The topological polar surface area (TPSA) is 55.8 Å². The Bertz CT molecular complexity index is 1040. The number of hydrogen-bond donors (Lipinski definition) is 0. The number of likely N-dealkylation sites (tertiary alicyclic amines) is 1. The molecule has 0 unspecified atom stereocenters. The first-order valence-corrected chi connectivity index (χ1v) is 14.4. The maximum Gasteiger partial charge on any atom is 0.410 e.